The van der Waals surface area contributed by atoms with E-state index in [1.807, 2.05) is 12.1 Å². The highest BCUT2D eigenvalue weighted by atomic mass is 16.5. The molecule has 0 radical (unpaired) electrons. The minimum absolute atomic E-state index is 0.161. The Labute approximate surface area is 172 Å². The van der Waals surface area contributed by atoms with Crippen LogP contribution in [0, 0.1) is 5.92 Å². The van der Waals surface area contributed by atoms with Crippen LogP contribution in [-0.2, 0) is 14.3 Å². The van der Waals surface area contributed by atoms with Gasteiger partial charge in [-0.05, 0) is 44.0 Å². The van der Waals surface area contributed by atoms with Crippen LogP contribution in [0.3, 0.4) is 0 Å². The molecule has 3 rings (SSSR count). The van der Waals surface area contributed by atoms with Crippen molar-refractivity contribution < 1.29 is 23.8 Å². The highest BCUT2D eigenvalue weighted by molar-refractivity contribution is 5.94. The van der Waals surface area contributed by atoms with Crippen LogP contribution in [0.1, 0.15) is 43.0 Å². The van der Waals surface area contributed by atoms with Crippen molar-refractivity contribution in [2.24, 2.45) is 5.92 Å². The minimum atomic E-state index is -0.254. The lowest BCUT2D eigenvalue weighted by Gasteiger charge is -2.30. The largest absolute Gasteiger partial charge is 0.492 e. The Kier molecular flexibility index (Phi) is 8.31. The van der Waals surface area contributed by atoms with Gasteiger partial charge in [0.05, 0.1) is 25.7 Å². The van der Waals surface area contributed by atoms with Gasteiger partial charge in [0.15, 0.2) is 0 Å². The molecule has 7 heteroatoms. The van der Waals surface area contributed by atoms with Crippen molar-refractivity contribution in [2.45, 2.75) is 38.6 Å². The lowest BCUT2D eigenvalue weighted by molar-refractivity contribution is -0.150. The minimum Gasteiger partial charge on any atom is -0.492 e. The summed E-state index contributed by atoms with van der Waals surface area (Å²) in [5.41, 5.74) is 0.568. The van der Waals surface area contributed by atoms with Crippen LogP contribution in [-0.4, -0.2) is 68.9 Å². The highest BCUT2D eigenvalue weighted by Crippen LogP contribution is 2.26. The molecule has 2 fully saturated rings. The van der Waals surface area contributed by atoms with Crippen LogP contribution in [0.15, 0.2) is 24.3 Å². The van der Waals surface area contributed by atoms with Crippen molar-refractivity contribution in [3.8, 4) is 5.75 Å². The average Bonchev–Trinajstić information content (AvgIpc) is 2.75. The zero-order valence-corrected chi connectivity index (χ0v) is 17.2. The summed E-state index contributed by atoms with van der Waals surface area (Å²) >= 11 is 0. The second kappa shape index (κ2) is 11.2. The summed E-state index contributed by atoms with van der Waals surface area (Å²) in [5.74, 6) is 0.125. The molecular formula is C22H32N2O5. The molecule has 1 aromatic carbocycles. The van der Waals surface area contributed by atoms with E-state index in [4.69, 9.17) is 14.2 Å². The summed E-state index contributed by atoms with van der Waals surface area (Å²) < 4.78 is 16.3. The molecule has 1 amide bonds. The normalized spacial score (nSPS) is 22.7. The monoisotopic (exact) mass is 404 g/mol. The first-order valence-corrected chi connectivity index (χ1v) is 10.7. The topological polar surface area (TPSA) is 77.1 Å². The average molecular weight is 405 g/mol. The van der Waals surface area contributed by atoms with Crippen molar-refractivity contribution in [1.82, 2.24) is 10.2 Å². The molecule has 1 saturated carbocycles. The van der Waals surface area contributed by atoms with Crippen molar-refractivity contribution in [3.63, 3.8) is 0 Å². The molecule has 1 unspecified atom stereocenters. The van der Waals surface area contributed by atoms with Gasteiger partial charge in [0.2, 0.25) is 0 Å². The molecule has 2 aliphatic rings. The van der Waals surface area contributed by atoms with E-state index in [0.29, 0.717) is 18.8 Å². The van der Waals surface area contributed by atoms with E-state index in [-0.39, 0.29) is 23.8 Å². The number of nitrogens with one attached hydrogen (secondary N) is 1. The molecule has 1 heterocycles. The number of amides is 1. The van der Waals surface area contributed by atoms with Crippen molar-refractivity contribution >= 4 is 11.9 Å². The smallest absolute Gasteiger partial charge is 0.311 e. The Balaban J connectivity index is 1.48. The lowest BCUT2D eigenvalue weighted by atomic mass is 9.84. The Morgan fingerprint density at radius 2 is 1.86 bits per heavy atom. The summed E-state index contributed by atoms with van der Waals surface area (Å²) in [7, 11) is 0. The number of carbonyl (C=O) groups is 2. The number of hydrogen-bond donors (Lipinski definition) is 1. The zero-order valence-electron chi connectivity index (χ0n) is 17.2. The third kappa shape index (κ3) is 6.44. The molecular weight excluding hydrogens is 372 g/mol. The molecule has 0 aromatic heterocycles. The Bertz CT molecular complexity index is 658. The van der Waals surface area contributed by atoms with Gasteiger partial charge in [-0.25, -0.2) is 0 Å². The number of morpholine rings is 1. The number of esters is 1. The molecule has 29 heavy (non-hydrogen) atoms. The van der Waals surface area contributed by atoms with Crippen LogP contribution in [0.2, 0.25) is 0 Å². The van der Waals surface area contributed by atoms with Gasteiger partial charge in [0.1, 0.15) is 12.4 Å². The van der Waals surface area contributed by atoms with Gasteiger partial charge in [-0.2, -0.15) is 0 Å². The molecule has 0 spiro atoms. The lowest BCUT2D eigenvalue weighted by Crippen LogP contribution is -2.45. The molecule has 1 N–H and O–H groups in total. The standard InChI is InChI=1S/C22H32N2O5/c1-2-28-22(26)19-5-3-4-6-20(19)23-21(25)17-7-9-18(10-8-17)29-16-13-24-11-14-27-15-12-24/h7-10,19-20H,2-6,11-16H2,1H3,(H,23,25)/t19-,20?/m1/s1. The van der Waals surface area contributed by atoms with Gasteiger partial charge in [0, 0.05) is 31.2 Å². The predicted octanol–water partition coefficient (Wildman–Crippen LogP) is 2.25. The van der Waals surface area contributed by atoms with E-state index in [1.165, 1.54) is 0 Å². The number of nitrogens with zero attached hydrogens (tertiary/aromatic N) is 1. The number of hydrogen-bond acceptors (Lipinski definition) is 6. The van der Waals surface area contributed by atoms with Crippen LogP contribution in [0.4, 0.5) is 0 Å². The van der Waals surface area contributed by atoms with Crippen LogP contribution in [0.5, 0.6) is 5.75 Å². The molecule has 160 valence electrons. The van der Waals surface area contributed by atoms with E-state index < -0.39 is 0 Å². The first kappa shape index (κ1) is 21.6. The first-order chi connectivity index (χ1) is 14.2. The van der Waals surface area contributed by atoms with Gasteiger partial charge in [-0.1, -0.05) is 12.8 Å². The highest BCUT2D eigenvalue weighted by Gasteiger charge is 2.33. The number of carbonyl (C=O) groups excluding carboxylic acids is 2. The predicted molar refractivity (Wildman–Crippen MR) is 109 cm³/mol. The molecule has 7 nitrogen and oxygen atoms in total. The van der Waals surface area contributed by atoms with Gasteiger partial charge in [-0.15, -0.1) is 0 Å². The van der Waals surface area contributed by atoms with Crippen LogP contribution < -0.4 is 10.1 Å². The van der Waals surface area contributed by atoms with E-state index >= 15 is 0 Å². The fraction of sp³-hybridized carbons (Fsp3) is 0.636. The molecule has 1 aliphatic carbocycles. The maximum atomic E-state index is 12.6. The van der Waals surface area contributed by atoms with Gasteiger partial charge >= 0.3 is 5.97 Å². The second-order valence-electron chi connectivity index (χ2n) is 7.55. The van der Waals surface area contributed by atoms with E-state index in [0.717, 1.165) is 64.3 Å². The van der Waals surface area contributed by atoms with Crippen LogP contribution in [0.25, 0.3) is 0 Å². The molecule has 1 aliphatic heterocycles. The number of ether oxygens (including phenoxy) is 3. The number of benzene rings is 1. The summed E-state index contributed by atoms with van der Waals surface area (Å²) in [6.45, 7) is 7.08. The van der Waals surface area contributed by atoms with E-state index in [2.05, 4.69) is 10.2 Å². The molecule has 2 atom stereocenters. The van der Waals surface area contributed by atoms with Gasteiger partial charge < -0.3 is 19.5 Å². The third-order valence-corrected chi connectivity index (χ3v) is 5.57. The molecule has 0 bridgehead atoms. The fourth-order valence-electron chi connectivity index (χ4n) is 3.91. The summed E-state index contributed by atoms with van der Waals surface area (Å²) in [4.78, 5) is 27.1. The van der Waals surface area contributed by atoms with Gasteiger partial charge in [0.25, 0.3) is 5.91 Å². The third-order valence-electron chi connectivity index (χ3n) is 5.57. The van der Waals surface area contributed by atoms with E-state index in [1.54, 1.807) is 19.1 Å². The SMILES string of the molecule is CCOC(=O)[C@@H]1CCCCC1NC(=O)c1ccc(OCCN2CCOCC2)cc1. The Morgan fingerprint density at radius 1 is 1.14 bits per heavy atom. The summed E-state index contributed by atoms with van der Waals surface area (Å²) in [6.07, 6.45) is 3.57. The molecule has 1 saturated heterocycles. The van der Waals surface area contributed by atoms with Crippen molar-refractivity contribution in [3.05, 3.63) is 29.8 Å². The molecule has 1 aromatic rings. The Morgan fingerprint density at radius 3 is 2.59 bits per heavy atom. The van der Waals surface area contributed by atoms with Gasteiger partial charge in [-0.3, -0.25) is 14.5 Å². The van der Waals surface area contributed by atoms with Crippen molar-refractivity contribution in [2.75, 3.05) is 46.1 Å². The van der Waals surface area contributed by atoms with Crippen LogP contribution >= 0.6 is 0 Å². The quantitative estimate of drug-likeness (QED) is 0.670. The summed E-state index contributed by atoms with van der Waals surface area (Å²) in [5, 5.41) is 3.03. The number of rotatable bonds is 8. The van der Waals surface area contributed by atoms with E-state index in [9.17, 15) is 9.59 Å². The zero-order chi connectivity index (χ0) is 20.5. The van der Waals surface area contributed by atoms with Crippen molar-refractivity contribution in [1.29, 1.82) is 0 Å². The maximum absolute atomic E-state index is 12.6. The Hall–Kier alpha value is -2.12. The fourth-order valence-corrected chi connectivity index (χ4v) is 3.91. The second-order valence-corrected chi connectivity index (χ2v) is 7.55. The summed E-state index contributed by atoms with van der Waals surface area (Å²) in [6, 6.07) is 7.00. The first-order valence-electron chi connectivity index (χ1n) is 10.7. The maximum Gasteiger partial charge on any atom is 0.311 e.